The van der Waals surface area contributed by atoms with Crippen molar-refractivity contribution in [3.8, 4) is 11.5 Å². The Morgan fingerprint density at radius 2 is 1.70 bits per heavy atom. The number of hydrogen-bond donors (Lipinski definition) is 2. The minimum Gasteiger partial charge on any atom is -0.454 e. The minimum atomic E-state index is 0.278. The van der Waals surface area contributed by atoms with E-state index in [9.17, 15) is 0 Å². The smallest absolute Gasteiger partial charge is 0.231 e. The second kappa shape index (κ2) is 7.15. The molecule has 1 aliphatic rings. The Balaban J connectivity index is 1.50. The number of para-hydroxylation sites is 1. The zero-order chi connectivity index (χ0) is 18.8. The molecule has 1 aliphatic heterocycles. The van der Waals surface area contributed by atoms with Crippen LogP contribution < -0.4 is 20.1 Å². The maximum atomic E-state index is 5.43. The summed E-state index contributed by atoms with van der Waals surface area (Å²) in [4.78, 5) is 9.10. The van der Waals surface area contributed by atoms with Gasteiger partial charge in [0.25, 0.3) is 0 Å². The van der Waals surface area contributed by atoms with Gasteiger partial charge in [-0.25, -0.2) is 4.98 Å². The molecule has 0 fully saturated rings. The lowest BCUT2D eigenvalue weighted by Crippen LogP contribution is -2.07. The summed E-state index contributed by atoms with van der Waals surface area (Å²) in [5.74, 6) is 2.91. The highest BCUT2D eigenvalue weighted by Crippen LogP contribution is 2.32. The molecule has 27 heavy (non-hydrogen) atoms. The van der Waals surface area contributed by atoms with Crippen molar-refractivity contribution >= 4 is 17.5 Å². The summed E-state index contributed by atoms with van der Waals surface area (Å²) >= 11 is 0. The van der Waals surface area contributed by atoms with Gasteiger partial charge in [0.1, 0.15) is 5.82 Å². The number of ether oxygens (including phenoxy) is 2. The van der Waals surface area contributed by atoms with Gasteiger partial charge in [0.15, 0.2) is 11.5 Å². The zero-order valence-electron chi connectivity index (χ0n) is 15.7. The van der Waals surface area contributed by atoms with Gasteiger partial charge in [-0.3, -0.25) is 0 Å². The van der Waals surface area contributed by atoms with E-state index in [2.05, 4.69) is 52.6 Å². The Bertz CT molecular complexity index is 968. The first kappa shape index (κ1) is 17.1. The molecule has 0 amide bonds. The summed E-state index contributed by atoms with van der Waals surface area (Å²) in [5, 5.41) is 6.72. The van der Waals surface area contributed by atoms with Crippen LogP contribution in [0.3, 0.4) is 0 Å². The topological polar surface area (TPSA) is 68.3 Å². The molecule has 0 unspecified atom stereocenters. The van der Waals surface area contributed by atoms with Gasteiger partial charge < -0.3 is 20.1 Å². The van der Waals surface area contributed by atoms with Crippen LogP contribution in [-0.4, -0.2) is 16.8 Å². The fourth-order valence-electron chi connectivity index (χ4n) is 3.08. The van der Waals surface area contributed by atoms with E-state index >= 15 is 0 Å². The van der Waals surface area contributed by atoms with E-state index in [1.54, 1.807) is 0 Å². The number of aryl methyl sites for hydroxylation is 3. The van der Waals surface area contributed by atoms with Crippen molar-refractivity contribution in [3.63, 3.8) is 0 Å². The van der Waals surface area contributed by atoms with Crippen molar-refractivity contribution in [3.05, 3.63) is 64.8 Å². The highest BCUT2D eigenvalue weighted by Gasteiger charge is 2.13. The monoisotopic (exact) mass is 362 g/mol. The Labute approximate surface area is 158 Å². The summed E-state index contributed by atoms with van der Waals surface area (Å²) in [7, 11) is 0. The predicted octanol–water partition coefficient (Wildman–Crippen LogP) is 4.49. The molecular formula is C21H22N4O2. The zero-order valence-corrected chi connectivity index (χ0v) is 15.7. The summed E-state index contributed by atoms with van der Waals surface area (Å²) in [6, 6.07) is 14.1. The molecule has 2 heterocycles. The number of aromatic nitrogens is 2. The molecule has 138 valence electrons. The maximum Gasteiger partial charge on any atom is 0.231 e. The van der Waals surface area contributed by atoms with Crippen LogP contribution >= 0.6 is 0 Å². The second-order valence-electron chi connectivity index (χ2n) is 6.65. The van der Waals surface area contributed by atoms with Crippen LogP contribution in [0.25, 0.3) is 0 Å². The van der Waals surface area contributed by atoms with Crippen molar-refractivity contribution in [2.24, 2.45) is 0 Å². The summed E-state index contributed by atoms with van der Waals surface area (Å²) in [6.45, 7) is 7.01. The Morgan fingerprint density at radius 1 is 0.926 bits per heavy atom. The first-order valence-electron chi connectivity index (χ1n) is 8.90. The Morgan fingerprint density at radius 3 is 2.52 bits per heavy atom. The SMILES string of the molecule is Cc1cc(Nc2c(C)cccc2C)nc(NCc2ccc3c(c2)OCO3)n1. The third-order valence-corrected chi connectivity index (χ3v) is 4.48. The van der Waals surface area contributed by atoms with Crippen LogP contribution in [0.15, 0.2) is 42.5 Å². The number of fused-ring (bicyclic) bond motifs is 1. The molecule has 3 aromatic rings. The Hall–Kier alpha value is -3.28. The van der Waals surface area contributed by atoms with Crippen LogP contribution in [0.5, 0.6) is 11.5 Å². The highest BCUT2D eigenvalue weighted by molar-refractivity contribution is 5.65. The molecule has 0 aliphatic carbocycles. The average Bonchev–Trinajstić information content (AvgIpc) is 3.11. The van der Waals surface area contributed by atoms with E-state index < -0.39 is 0 Å². The molecule has 4 rings (SSSR count). The van der Waals surface area contributed by atoms with E-state index in [-0.39, 0.29) is 6.79 Å². The molecule has 2 N–H and O–H groups in total. The van der Waals surface area contributed by atoms with Crippen molar-refractivity contribution in [2.75, 3.05) is 17.4 Å². The van der Waals surface area contributed by atoms with E-state index in [0.717, 1.165) is 34.3 Å². The third-order valence-electron chi connectivity index (χ3n) is 4.48. The maximum absolute atomic E-state index is 5.43. The van der Waals surface area contributed by atoms with Gasteiger partial charge in [0.05, 0.1) is 0 Å². The van der Waals surface area contributed by atoms with Crippen molar-refractivity contribution in [2.45, 2.75) is 27.3 Å². The molecule has 6 heteroatoms. The van der Waals surface area contributed by atoms with Crippen molar-refractivity contribution in [1.82, 2.24) is 9.97 Å². The van der Waals surface area contributed by atoms with Crippen molar-refractivity contribution in [1.29, 1.82) is 0 Å². The van der Waals surface area contributed by atoms with Crippen LogP contribution in [-0.2, 0) is 6.54 Å². The predicted molar refractivity (Wildman–Crippen MR) is 106 cm³/mol. The number of anilines is 3. The minimum absolute atomic E-state index is 0.278. The molecule has 2 aromatic carbocycles. The lowest BCUT2D eigenvalue weighted by atomic mass is 10.1. The van der Waals surface area contributed by atoms with Crippen LogP contribution in [0.4, 0.5) is 17.5 Å². The van der Waals surface area contributed by atoms with E-state index in [1.807, 2.05) is 31.2 Å². The fourth-order valence-corrected chi connectivity index (χ4v) is 3.08. The first-order chi connectivity index (χ1) is 13.1. The second-order valence-corrected chi connectivity index (χ2v) is 6.65. The van der Waals surface area contributed by atoms with Gasteiger partial charge in [0, 0.05) is 24.0 Å². The number of nitrogens with one attached hydrogen (secondary N) is 2. The molecule has 0 atom stereocenters. The van der Waals surface area contributed by atoms with Gasteiger partial charge >= 0.3 is 0 Å². The number of nitrogens with zero attached hydrogens (tertiary/aromatic N) is 2. The lowest BCUT2D eigenvalue weighted by molar-refractivity contribution is 0.174. The van der Waals surface area contributed by atoms with E-state index in [4.69, 9.17) is 9.47 Å². The van der Waals surface area contributed by atoms with Crippen molar-refractivity contribution < 1.29 is 9.47 Å². The fraction of sp³-hybridized carbons (Fsp3) is 0.238. The molecule has 0 saturated carbocycles. The summed E-state index contributed by atoms with van der Waals surface area (Å²) in [6.07, 6.45) is 0. The standard InChI is InChI=1S/C21H22N4O2/c1-13-5-4-6-14(2)20(13)24-19-9-15(3)23-21(25-19)22-11-16-7-8-17-18(10-16)27-12-26-17/h4-10H,11-12H2,1-3H3,(H2,22,23,24,25). The normalized spacial score (nSPS) is 12.1. The Kier molecular flexibility index (Phi) is 4.54. The molecule has 1 aromatic heterocycles. The van der Waals surface area contributed by atoms with Gasteiger partial charge in [-0.15, -0.1) is 0 Å². The summed E-state index contributed by atoms with van der Waals surface area (Å²) in [5.41, 5.74) is 5.42. The molecule has 0 bridgehead atoms. The lowest BCUT2D eigenvalue weighted by Gasteiger charge is -2.14. The van der Waals surface area contributed by atoms with Crippen LogP contribution in [0, 0.1) is 20.8 Å². The molecule has 0 radical (unpaired) electrons. The van der Waals surface area contributed by atoms with Gasteiger partial charge in [-0.05, 0) is 49.6 Å². The molecule has 0 saturated heterocycles. The number of rotatable bonds is 5. The summed E-state index contributed by atoms with van der Waals surface area (Å²) < 4.78 is 10.8. The van der Waals surface area contributed by atoms with Gasteiger partial charge in [0.2, 0.25) is 12.7 Å². The van der Waals surface area contributed by atoms with Gasteiger partial charge in [-0.2, -0.15) is 4.98 Å². The average molecular weight is 362 g/mol. The van der Waals surface area contributed by atoms with E-state index in [1.165, 1.54) is 11.1 Å². The quantitative estimate of drug-likeness (QED) is 0.697. The highest BCUT2D eigenvalue weighted by atomic mass is 16.7. The molecule has 0 spiro atoms. The molecule has 6 nitrogen and oxygen atoms in total. The number of hydrogen-bond acceptors (Lipinski definition) is 6. The largest absolute Gasteiger partial charge is 0.454 e. The van der Waals surface area contributed by atoms with Crippen LogP contribution in [0.2, 0.25) is 0 Å². The third kappa shape index (κ3) is 3.79. The molecular weight excluding hydrogens is 340 g/mol. The van der Waals surface area contributed by atoms with E-state index in [0.29, 0.717) is 12.5 Å². The van der Waals surface area contributed by atoms with Crippen LogP contribution in [0.1, 0.15) is 22.4 Å². The van der Waals surface area contributed by atoms with Gasteiger partial charge in [-0.1, -0.05) is 24.3 Å². The number of benzene rings is 2. The first-order valence-corrected chi connectivity index (χ1v) is 8.90.